The van der Waals surface area contributed by atoms with Gasteiger partial charge in [-0.25, -0.2) is 8.78 Å². The lowest BCUT2D eigenvalue weighted by Gasteiger charge is -2.08. The van der Waals surface area contributed by atoms with Gasteiger partial charge >= 0.3 is 0 Å². The Kier molecular flexibility index (Phi) is 4.34. The summed E-state index contributed by atoms with van der Waals surface area (Å²) in [6, 6.07) is 7.77. The Morgan fingerprint density at radius 1 is 1.20 bits per heavy atom. The first-order valence-corrected chi connectivity index (χ1v) is 6.40. The highest BCUT2D eigenvalue weighted by Crippen LogP contribution is 2.23. The number of rotatable bonds is 3. The van der Waals surface area contributed by atoms with Gasteiger partial charge in [0.05, 0.1) is 12.7 Å². The number of hydrogen-bond acceptors (Lipinski definition) is 2. The fourth-order valence-corrected chi connectivity index (χ4v) is 2.04. The Morgan fingerprint density at radius 3 is 2.60 bits per heavy atom. The lowest BCUT2D eigenvalue weighted by atomic mass is 10.2. The molecule has 2 aromatic rings. The maximum atomic E-state index is 13.5. The topological polar surface area (TPSA) is 38.3 Å². The van der Waals surface area contributed by atoms with E-state index in [0.717, 1.165) is 12.1 Å². The summed E-state index contributed by atoms with van der Waals surface area (Å²) >= 11 is 3.16. The monoisotopic (exact) mass is 341 g/mol. The fourth-order valence-electron chi connectivity index (χ4n) is 1.61. The highest BCUT2D eigenvalue weighted by molar-refractivity contribution is 9.10. The summed E-state index contributed by atoms with van der Waals surface area (Å²) in [4.78, 5) is 12.0. The summed E-state index contributed by atoms with van der Waals surface area (Å²) in [6.45, 7) is 0. The van der Waals surface area contributed by atoms with Crippen LogP contribution in [0.25, 0.3) is 0 Å². The molecule has 0 saturated carbocycles. The second-order valence-corrected chi connectivity index (χ2v) is 4.78. The van der Waals surface area contributed by atoms with Crippen molar-refractivity contribution in [2.75, 3.05) is 12.4 Å². The van der Waals surface area contributed by atoms with Crippen molar-refractivity contribution in [1.82, 2.24) is 0 Å². The van der Waals surface area contributed by atoms with E-state index in [9.17, 15) is 13.6 Å². The number of anilines is 1. The highest BCUT2D eigenvalue weighted by Gasteiger charge is 2.12. The van der Waals surface area contributed by atoms with Gasteiger partial charge in [-0.05, 0) is 46.3 Å². The van der Waals surface area contributed by atoms with Crippen molar-refractivity contribution >= 4 is 27.5 Å². The van der Waals surface area contributed by atoms with Gasteiger partial charge in [0, 0.05) is 16.2 Å². The van der Waals surface area contributed by atoms with Crippen LogP contribution in [0.3, 0.4) is 0 Å². The number of hydrogen-bond donors (Lipinski definition) is 1. The fraction of sp³-hybridized carbons (Fsp3) is 0.0714. The van der Waals surface area contributed by atoms with E-state index in [4.69, 9.17) is 4.74 Å². The zero-order valence-corrected chi connectivity index (χ0v) is 12.0. The number of nitrogens with one attached hydrogen (secondary N) is 1. The van der Waals surface area contributed by atoms with Crippen LogP contribution >= 0.6 is 15.9 Å². The van der Waals surface area contributed by atoms with E-state index in [1.165, 1.54) is 31.4 Å². The first-order chi connectivity index (χ1) is 9.51. The van der Waals surface area contributed by atoms with Crippen molar-refractivity contribution in [2.45, 2.75) is 0 Å². The quantitative estimate of drug-likeness (QED) is 0.916. The molecule has 0 aromatic heterocycles. The van der Waals surface area contributed by atoms with E-state index in [0.29, 0.717) is 4.47 Å². The van der Waals surface area contributed by atoms with E-state index in [1.807, 2.05) is 0 Å². The van der Waals surface area contributed by atoms with E-state index >= 15 is 0 Å². The lowest BCUT2D eigenvalue weighted by Crippen LogP contribution is -2.13. The number of benzene rings is 2. The molecule has 0 aliphatic carbocycles. The molecule has 6 heteroatoms. The Labute approximate surface area is 122 Å². The van der Waals surface area contributed by atoms with Crippen molar-refractivity contribution in [3.05, 3.63) is 58.1 Å². The molecule has 0 aliphatic heterocycles. The summed E-state index contributed by atoms with van der Waals surface area (Å²) in [7, 11) is 1.35. The van der Waals surface area contributed by atoms with Gasteiger partial charge in [0.1, 0.15) is 5.82 Å². The molecule has 0 bridgehead atoms. The molecule has 2 rings (SSSR count). The Balaban J connectivity index is 2.23. The van der Waals surface area contributed by atoms with Crippen LogP contribution in [-0.2, 0) is 0 Å². The predicted molar refractivity (Wildman–Crippen MR) is 75.0 cm³/mol. The molecule has 2 aromatic carbocycles. The SMILES string of the molecule is COc1ccc(NC(=O)c2cc(F)ccc2Br)cc1F. The summed E-state index contributed by atoms with van der Waals surface area (Å²) in [5, 5.41) is 2.49. The Morgan fingerprint density at radius 2 is 1.95 bits per heavy atom. The van der Waals surface area contributed by atoms with E-state index in [1.54, 1.807) is 0 Å². The molecule has 0 aliphatic rings. The number of amides is 1. The number of carbonyl (C=O) groups is 1. The summed E-state index contributed by atoms with van der Waals surface area (Å²) < 4.78 is 31.9. The van der Waals surface area contributed by atoms with Crippen molar-refractivity contribution in [2.24, 2.45) is 0 Å². The van der Waals surface area contributed by atoms with E-state index < -0.39 is 17.5 Å². The minimum Gasteiger partial charge on any atom is -0.494 e. The molecule has 0 fully saturated rings. The normalized spacial score (nSPS) is 10.2. The first kappa shape index (κ1) is 14.5. The molecule has 3 nitrogen and oxygen atoms in total. The molecule has 0 atom stereocenters. The van der Waals surface area contributed by atoms with Gasteiger partial charge in [0.2, 0.25) is 0 Å². The predicted octanol–water partition coefficient (Wildman–Crippen LogP) is 3.99. The van der Waals surface area contributed by atoms with Gasteiger partial charge in [-0.3, -0.25) is 4.79 Å². The molecule has 0 spiro atoms. The zero-order chi connectivity index (χ0) is 14.7. The first-order valence-electron chi connectivity index (χ1n) is 5.61. The van der Waals surface area contributed by atoms with E-state index in [-0.39, 0.29) is 17.0 Å². The number of carbonyl (C=O) groups excluding carboxylic acids is 1. The molecular weight excluding hydrogens is 332 g/mol. The van der Waals surface area contributed by atoms with Crippen molar-refractivity contribution in [3.63, 3.8) is 0 Å². The average molecular weight is 342 g/mol. The van der Waals surface area contributed by atoms with Crippen molar-refractivity contribution in [1.29, 1.82) is 0 Å². The van der Waals surface area contributed by atoms with Crippen LogP contribution in [0.5, 0.6) is 5.75 Å². The van der Waals surface area contributed by atoms with Crippen LogP contribution in [0.2, 0.25) is 0 Å². The summed E-state index contributed by atoms with van der Waals surface area (Å²) in [5.74, 6) is -1.58. The molecule has 0 heterocycles. The summed E-state index contributed by atoms with van der Waals surface area (Å²) in [6.07, 6.45) is 0. The summed E-state index contributed by atoms with van der Waals surface area (Å²) in [5.41, 5.74) is 0.380. The smallest absolute Gasteiger partial charge is 0.256 e. The number of ether oxygens (including phenoxy) is 1. The molecule has 0 saturated heterocycles. The van der Waals surface area contributed by atoms with Gasteiger partial charge in [-0.1, -0.05) is 0 Å². The highest BCUT2D eigenvalue weighted by atomic mass is 79.9. The molecule has 20 heavy (non-hydrogen) atoms. The number of methoxy groups -OCH3 is 1. The van der Waals surface area contributed by atoms with Gasteiger partial charge in [0.25, 0.3) is 5.91 Å². The second-order valence-electron chi connectivity index (χ2n) is 3.93. The van der Waals surface area contributed by atoms with Crippen LogP contribution in [0.4, 0.5) is 14.5 Å². The Hall–Kier alpha value is -1.95. The molecule has 1 amide bonds. The van der Waals surface area contributed by atoms with Crippen LogP contribution in [0.15, 0.2) is 40.9 Å². The molecule has 0 radical (unpaired) electrons. The third-order valence-corrected chi connectivity index (χ3v) is 3.27. The lowest BCUT2D eigenvalue weighted by molar-refractivity contribution is 0.102. The minimum absolute atomic E-state index is 0.0786. The van der Waals surface area contributed by atoms with Crippen LogP contribution in [-0.4, -0.2) is 13.0 Å². The third kappa shape index (κ3) is 3.14. The maximum Gasteiger partial charge on any atom is 0.256 e. The maximum absolute atomic E-state index is 13.5. The average Bonchev–Trinajstić information content (AvgIpc) is 2.41. The van der Waals surface area contributed by atoms with Gasteiger partial charge in [-0.15, -0.1) is 0 Å². The van der Waals surface area contributed by atoms with Crippen LogP contribution < -0.4 is 10.1 Å². The van der Waals surface area contributed by atoms with Crippen molar-refractivity contribution < 1.29 is 18.3 Å². The zero-order valence-electron chi connectivity index (χ0n) is 10.4. The van der Waals surface area contributed by atoms with Gasteiger partial charge < -0.3 is 10.1 Å². The second kappa shape index (κ2) is 6.00. The van der Waals surface area contributed by atoms with Crippen LogP contribution in [0.1, 0.15) is 10.4 Å². The largest absolute Gasteiger partial charge is 0.494 e. The molecular formula is C14H10BrF2NO2. The molecule has 104 valence electrons. The van der Waals surface area contributed by atoms with Crippen molar-refractivity contribution in [3.8, 4) is 5.75 Å². The molecule has 1 N–H and O–H groups in total. The van der Waals surface area contributed by atoms with Gasteiger partial charge in [-0.2, -0.15) is 0 Å². The van der Waals surface area contributed by atoms with E-state index in [2.05, 4.69) is 21.2 Å². The Bertz CT molecular complexity index is 662. The standard InChI is InChI=1S/C14H10BrF2NO2/c1-20-13-5-3-9(7-12(13)17)18-14(19)10-6-8(16)2-4-11(10)15/h2-7H,1H3,(H,18,19). The minimum atomic E-state index is -0.594. The number of halogens is 3. The molecule has 0 unspecified atom stereocenters. The van der Waals surface area contributed by atoms with Gasteiger partial charge in [0.15, 0.2) is 11.6 Å². The third-order valence-electron chi connectivity index (χ3n) is 2.58. The van der Waals surface area contributed by atoms with Crippen LogP contribution in [0, 0.1) is 11.6 Å².